The highest BCUT2D eigenvalue weighted by molar-refractivity contribution is 7.09. The number of likely N-dealkylation sites (tertiary alicyclic amines) is 1. The third-order valence-corrected chi connectivity index (χ3v) is 9.23. The van der Waals surface area contributed by atoms with Crippen molar-refractivity contribution in [3.05, 3.63) is 82.6 Å². The Bertz CT molecular complexity index is 1200. The number of carbonyl (C=O) groups is 2. The van der Waals surface area contributed by atoms with Crippen LogP contribution in [0.1, 0.15) is 36.1 Å². The van der Waals surface area contributed by atoms with Crippen LogP contribution < -0.4 is 11.1 Å². The number of nitrogens with one attached hydrogen (secondary N) is 1. The van der Waals surface area contributed by atoms with Crippen molar-refractivity contribution in [3.8, 4) is 11.1 Å². The quantitative estimate of drug-likeness (QED) is 0.409. The van der Waals surface area contributed by atoms with E-state index < -0.39 is 11.5 Å². The summed E-state index contributed by atoms with van der Waals surface area (Å²) < 4.78 is 5.49. The van der Waals surface area contributed by atoms with E-state index >= 15 is 0 Å². The van der Waals surface area contributed by atoms with Crippen LogP contribution in [0.3, 0.4) is 0 Å². The second kappa shape index (κ2) is 12.9. The molecule has 2 aliphatic rings. The molecule has 3 heterocycles. The van der Waals surface area contributed by atoms with Gasteiger partial charge in [0.1, 0.15) is 0 Å². The Kier molecular flexibility index (Phi) is 9.12. The predicted octanol–water partition coefficient (Wildman–Crippen LogP) is 4.68. The molecule has 1 unspecified atom stereocenters. The Balaban J connectivity index is 1.27. The Labute approximate surface area is 235 Å². The van der Waals surface area contributed by atoms with Crippen molar-refractivity contribution in [2.24, 2.45) is 17.1 Å². The summed E-state index contributed by atoms with van der Waals surface area (Å²) in [6.45, 7) is 3.31. The normalized spacial score (nSPS) is 18.4. The minimum atomic E-state index is -0.552. The number of rotatable bonds is 9. The zero-order valence-corrected chi connectivity index (χ0v) is 23.3. The molecular weight excluding hydrogens is 506 g/mol. The number of nitrogens with zero attached hydrogens (tertiary/aromatic N) is 1. The average Bonchev–Trinajstić information content (AvgIpc) is 3.50. The van der Waals surface area contributed by atoms with Crippen molar-refractivity contribution < 1.29 is 14.3 Å². The third-order valence-electron chi connectivity index (χ3n) is 8.33. The minimum Gasteiger partial charge on any atom is -0.381 e. The van der Waals surface area contributed by atoms with Gasteiger partial charge in [-0.25, -0.2) is 0 Å². The molecule has 0 radical (unpaired) electrons. The third kappa shape index (κ3) is 6.96. The SMILES string of the molecule is NC(Cc1cccs1)C(=O)N1CCC(Cc2ccc(-c3ccccc3)cc2)(C(=O)NCC2CCOCC2)CC1. The molecule has 0 bridgehead atoms. The van der Waals surface area contributed by atoms with Gasteiger partial charge in [-0.1, -0.05) is 60.7 Å². The van der Waals surface area contributed by atoms with Crippen molar-refractivity contribution in [1.29, 1.82) is 0 Å². The fourth-order valence-corrected chi connectivity index (χ4v) is 6.58. The molecule has 39 heavy (non-hydrogen) atoms. The number of carbonyl (C=O) groups excluding carboxylic acids is 2. The lowest BCUT2D eigenvalue weighted by atomic mass is 9.72. The van der Waals surface area contributed by atoms with E-state index in [1.807, 2.05) is 40.6 Å². The van der Waals surface area contributed by atoms with Gasteiger partial charge in [0.05, 0.1) is 11.5 Å². The topological polar surface area (TPSA) is 84.7 Å². The van der Waals surface area contributed by atoms with Gasteiger partial charge in [-0.2, -0.15) is 0 Å². The first-order valence-electron chi connectivity index (χ1n) is 14.1. The number of hydrogen-bond donors (Lipinski definition) is 2. The Morgan fingerprint density at radius 2 is 1.67 bits per heavy atom. The fourth-order valence-electron chi connectivity index (χ4n) is 5.82. The number of nitrogens with two attached hydrogens (primary N) is 1. The van der Waals surface area contributed by atoms with Crippen LogP contribution in [0, 0.1) is 11.3 Å². The first-order chi connectivity index (χ1) is 19.0. The second-order valence-electron chi connectivity index (χ2n) is 11.0. The van der Waals surface area contributed by atoms with Crippen molar-refractivity contribution in [2.75, 3.05) is 32.8 Å². The molecule has 2 amide bonds. The molecule has 0 aliphatic carbocycles. The highest BCUT2D eigenvalue weighted by Crippen LogP contribution is 2.37. The standard InChI is InChI=1S/C32H39N3O3S/c33-29(21-28-7-4-20-39-28)30(36)35-16-14-32(15-17-35,31(37)34-23-25-12-18-38-19-13-25)22-24-8-10-27(11-9-24)26-5-2-1-3-6-26/h1-11,20,25,29H,12-19,21-23,33H2,(H,34,37). The zero-order chi connectivity index (χ0) is 27.1. The van der Waals surface area contributed by atoms with Gasteiger partial charge in [-0.05, 0) is 66.2 Å². The van der Waals surface area contributed by atoms with E-state index in [4.69, 9.17) is 10.5 Å². The van der Waals surface area contributed by atoms with Gasteiger partial charge in [0, 0.05) is 44.1 Å². The molecule has 2 saturated heterocycles. The smallest absolute Gasteiger partial charge is 0.239 e. The van der Waals surface area contributed by atoms with Crippen LogP contribution in [0.4, 0.5) is 0 Å². The van der Waals surface area contributed by atoms with Gasteiger partial charge >= 0.3 is 0 Å². The van der Waals surface area contributed by atoms with E-state index in [9.17, 15) is 9.59 Å². The average molecular weight is 546 g/mol. The summed E-state index contributed by atoms with van der Waals surface area (Å²) in [5, 5.41) is 5.30. The van der Waals surface area contributed by atoms with Crippen molar-refractivity contribution in [2.45, 2.75) is 44.6 Å². The van der Waals surface area contributed by atoms with Gasteiger partial charge in [0.25, 0.3) is 0 Å². The highest BCUT2D eigenvalue weighted by atomic mass is 32.1. The number of benzene rings is 2. The molecule has 2 aromatic carbocycles. The summed E-state index contributed by atoms with van der Waals surface area (Å²) >= 11 is 1.63. The summed E-state index contributed by atoms with van der Waals surface area (Å²) in [7, 11) is 0. The molecule has 6 nitrogen and oxygen atoms in total. The molecule has 1 atom stereocenters. The lowest BCUT2D eigenvalue weighted by molar-refractivity contribution is -0.141. The van der Waals surface area contributed by atoms with Crippen molar-refractivity contribution in [1.82, 2.24) is 10.2 Å². The summed E-state index contributed by atoms with van der Waals surface area (Å²) in [6.07, 6.45) is 4.44. The van der Waals surface area contributed by atoms with E-state index in [0.717, 1.165) is 42.1 Å². The molecule has 3 N–H and O–H groups in total. The largest absolute Gasteiger partial charge is 0.381 e. The van der Waals surface area contributed by atoms with Gasteiger partial charge in [0.2, 0.25) is 11.8 Å². The number of thiophene rings is 1. The number of ether oxygens (including phenoxy) is 1. The Morgan fingerprint density at radius 3 is 2.33 bits per heavy atom. The molecule has 0 saturated carbocycles. The van der Waals surface area contributed by atoms with E-state index in [2.05, 4.69) is 41.7 Å². The van der Waals surface area contributed by atoms with Crippen LogP contribution in [-0.2, 0) is 27.2 Å². The molecule has 2 fully saturated rings. The van der Waals surface area contributed by atoms with Crippen LogP contribution >= 0.6 is 11.3 Å². The van der Waals surface area contributed by atoms with Gasteiger partial charge in [-0.3, -0.25) is 9.59 Å². The fraction of sp³-hybridized carbons (Fsp3) is 0.438. The highest BCUT2D eigenvalue weighted by Gasteiger charge is 2.43. The molecule has 0 spiro atoms. The Morgan fingerprint density at radius 1 is 0.974 bits per heavy atom. The number of piperidine rings is 1. The lowest BCUT2D eigenvalue weighted by Crippen LogP contribution is -2.54. The van der Waals surface area contributed by atoms with Crippen LogP contribution in [0.25, 0.3) is 11.1 Å². The van der Waals surface area contributed by atoms with Crippen LogP contribution in [0.15, 0.2) is 72.1 Å². The zero-order valence-electron chi connectivity index (χ0n) is 22.5. The summed E-state index contributed by atoms with van der Waals surface area (Å²) in [6, 6.07) is 22.3. The molecular formula is C32H39N3O3S. The number of hydrogen-bond acceptors (Lipinski definition) is 5. The van der Waals surface area contributed by atoms with Crippen LogP contribution in [-0.4, -0.2) is 55.6 Å². The van der Waals surface area contributed by atoms with Gasteiger partial charge < -0.3 is 20.7 Å². The first-order valence-corrected chi connectivity index (χ1v) is 15.0. The van der Waals surface area contributed by atoms with Gasteiger partial charge in [-0.15, -0.1) is 11.3 Å². The minimum absolute atomic E-state index is 0.0215. The summed E-state index contributed by atoms with van der Waals surface area (Å²) in [5.74, 6) is 0.546. The second-order valence-corrected chi connectivity index (χ2v) is 12.0. The summed E-state index contributed by atoms with van der Waals surface area (Å²) in [4.78, 5) is 30.0. The summed E-state index contributed by atoms with van der Waals surface area (Å²) in [5.41, 5.74) is 9.25. The van der Waals surface area contributed by atoms with Gasteiger partial charge in [0.15, 0.2) is 0 Å². The maximum atomic E-state index is 13.8. The molecule has 2 aliphatic heterocycles. The number of amides is 2. The first kappa shape index (κ1) is 27.6. The van der Waals surface area contributed by atoms with Crippen molar-refractivity contribution >= 4 is 23.2 Å². The van der Waals surface area contributed by atoms with E-state index in [-0.39, 0.29) is 11.8 Å². The van der Waals surface area contributed by atoms with Crippen LogP contribution in [0.2, 0.25) is 0 Å². The van der Waals surface area contributed by atoms with E-state index in [0.29, 0.717) is 51.2 Å². The van der Waals surface area contributed by atoms with E-state index in [1.165, 1.54) is 5.56 Å². The Hall–Kier alpha value is -3.00. The monoisotopic (exact) mass is 545 g/mol. The predicted molar refractivity (Wildman–Crippen MR) is 156 cm³/mol. The molecule has 206 valence electrons. The van der Waals surface area contributed by atoms with E-state index in [1.54, 1.807) is 11.3 Å². The molecule has 7 heteroatoms. The maximum absolute atomic E-state index is 13.8. The lowest BCUT2D eigenvalue weighted by Gasteiger charge is -2.42. The molecule has 3 aromatic rings. The molecule has 5 rings (SSSR count). The molecule has 1 aromatic heterocycles. The maximum Gasteiger partial charge on any atom is 0.239 e. The van der Waals surface area contributed by atoms with Crippen molar-refractivity contribution in [3.63, 3.8) is 0 Å². The van der Waals surface area contributed by atoms with Crippen LogP contribution in [0.5, 0.6) is 0 Å².